The molecule has 1 aliphatic rings. The van der Waals surface area contributed by atoms with Crippen molar-refractivity contribution in [1.82, 2.24) is 0 Å². The number of benzene rings is 1. The van der Waals surface area contributed by atoms with Crippen molar-refractivity contribution in [2.45, 2.75) is 19.8 Å². The normalized spacial score (nSPS) is 16.3. The van der Waals surface area contributed by atoms with Crippen LogP contribution in [-0.2, 0) is 6.42 Å². The van der Waals surface area contributed by atoms with Crippen molar-refractivity contribution in [1.29, 1.82) is 0 Å². The highest BCUT2D eigenvalue weighted by molar-refractivity contribution is 5.58. The number of fused-ring (bicyclic) bond motifs is 1. The molecule has 0 fully saturated rings. The molecule has 0 spiro atoms. The van der Waals surface area contributed by atoms with E-state index in [-0.39, 0.29) is 5.82 Å². The number of nitrogens with two attached hydrogens (primary N) is 1. The summed E-state index contributed by atoms with van der Waals surface area (Å²) in [5, 5.41) is 0. The van der Waals surface area contributed by atoms with Crippen LogP contribution in [0.1, 0.15) is 18.9 Å². The van der Waals surface area contributed by atoms with E-state index in [0.717, 1.165) is 38.2 Å². The van der Waals surface area contributed by atoms with E-state index in [1.807, 2.05) is 6.07 Å². The van der Waals surface area contributed by atoms with Crippen molar-refractivity contribution < 1.29 is 4.39 Å². The Bertz CT molecular complexity index is 365. The van der Waals surface area contributed by atoms with Gasteiger partial charge in [0.15, 0.2) is 0 Å². The summed E-state index contributed by atoms with van der Waals surface area (Å²) in [6, 6.07) is 5.09. The molecule has 88 valence electrons. The molecule has 1 aromatic rings. The van der Waals surface area contributed by atoms with Gasteiger partial charge in [0.05, 0.1) is 0 Å². The molecule has 2 nitrogen and oxygen atoms in total. The molecule has 0 aliphatic carbocycles. The molecule has 3 heteroatoms. The smallest absolute Gasteiger partial charge is 0.125 e. The van der Waals surface area contributed by atoms with Gasteiger partial charge in [-0.25, -0.2) is 4.39 Å². The molecular weight excluding hydrogens is 203 g/mol. The summed E-state index contributed by atoms with van der Waals surface area (Å²) >= 11 is 0. The van der Waals surface area contributed by atoms with Gasteiger partial charge in [-0.2, -0.15) is 0 Å². The number of hydrogen-bond acceptors (Lipinski definition) is 2. The van der Waals surface area contributed by atoms with Gasteiger partial charge >= 0.3 is 0 Å². The lowest BCUT2D eigenvalue weighted by Crippen LogP contribution is -2.25. The van der Waals surface area contributed by atoms with Crippen molar-refractivity contribution in [3.05, 3.63) is 29.6 Å². The fraction of sp³-hybridized carbons (Fsp3) is 0.538. The Morgan fingerprint density at radius 3 is 3.06 bits per heavy atom. The highest BCUT2D eigenvalue weighted by atomic mass is 19.1. The Hall–Kier alpha value is -1.09. The molecule has 1 atom stereocenters. The van der Waals surface area contributed by atoms with Crippen LogP contribution in [-0.4, -0.2) is 19.6 Å². The summed E-state index contributed by atoms with van der Waals surface area (Å²) < 4.78 is 13.2. The van der Waals surface area contributed by atoms with E-state index < -0.39 is 0 Å². The number of halogens is 1. The molecular formula is C13H19FN2. The molecule has 2 rings (SSSR count). The second-order valence-electron chi connectivity index (χ2n) is 4.64. The van der Waals surface area contributed by atoms with Crippen LogP contribution in [0.25, 0.3) is 0 Å². The van der Waals surface area contributed by atoms with E-state index >= 15 is 0 Å². The summed E-state index contributed by atoms with van der Waals surface area (Å²) in [5.74, 6) is 0.398. The third-order valence-electron chi connectivity index (χ3n) is 3.33. The zero-order valence-corrected chi connectivity index (χ0v) is 9.75. The van der Waals surface area contributed by atoms with Gasteiger partial charge in [-0.1, -0.05) is 13.0 Å². The zero-order valence-electron chi connectivity index (χ0n) is 9.75. The van der Waals surface area contributed by atoms with Crippen molar-refractivity contribution in [3.63, 3.8) is 0 Å². The fourth-order valence-electron chi connectivity index (χ4n) is 2.14. The lowest BCUT2D eigenvalue weighted by molar-refractivity contribution is 0.540. The van der Waals surface area contributed by atoms with Crippen LogP contribution in [0.3, 0.4) is 0 Å². The molecule has 1 aliphatic heterocycles. The SMILES string of the molecule is CC(CN)CCN1CCc2ccc(F)cc21. The van der Waals surface area contributed by atoms with Gasteiger partial charge in [-0.3, -0.25) is 0 Å². The van der Waals surface area contributed by atoms with Gasteiger partial charge in [0.25, 0.3) is 0 Å². The Morgan fingerprint density at radius 1 is 1.50 bits per heavy atom. The zero-order chi connectivity index (χ0) is 11.5. The largest absolute Gasteiger partial charge is 0.371 e. The summed E-state index contributed by atoms with van der Waals surface area (Å²) in [5.41, 5.74) is 7.94. The topological polar surface area (TPSA) is 29.3 Å². The molecule has 0 radical (unpaired) electrons. The Balaban J connectivity index is 2.02. The van der Waals surface area contributed by atoms with Gasteiger partial charge in [0.2, 0.25) is 0 Å². The third-order valence-corrected chi connectivity index (χ3v) is 3.33. The highest BCUT2D eigenvalue weighted by Gasteiger charge is 2.19. The molecule has 1 heterocycles. The molecule has 0 saturated carbocycles. The van der Waals surface area contributed by atoms with E-state index in [1.165, 1.54) is 5.56 Å². The van der Waals surface area contributed by atoms with Crippen LogP contribution in [0.4, 0.5) is 10.1 Å². The van der Waals surface area contributed by atoms with Crippen LogP contribution in [0.15, 0.2) is 18.2 Å². The maximum atomic E-state index is 13.2. The van der Waals surface area contributed by atoms with Crippen LogP contribution in [0, 0.1) is 11.7 Å². The first-order valence-corrected chi connectivity index (χ1v) is 5.94. The van der Waals surface area contributed by atoms with E-state index in [4.69, 9.17) is 5.73 Å². The van der Waals surface area contributed by atoms with Crippen molar-refractivity contribution >= 4 is 5.69 Å². The highest BCUT2D eigenvalue weighted by Crippen LogP contribution is 2.28. The predicted octanol–water partition coefficient (Wildman–Crippen LogP) is 2.17. The van der Waals surface area contributed by atoms with Crippen molar-refractivity contribution in [2.75, 3.05) is 24.5 Å². The van der Waals surface area contributed by atoms with Gasteiger partial charge in [-0.15, -0.1) is 0 Å². The molecule has 1 aromatic carbocycles. The van der Waals surface area contributed by atoms with Crippen LogP contribution in [0.5, 0.6) is 0 Å². The van der Waals surface area contributed by atoms with Gasteiger partial charge < -0.3 is 10.6 Å². The van der Waals surface area contributed by atoms with E-state index in [1.54, 1.807) is 12.1 Å². The third kappa shape index (κ3) is 2.35. The average Bonchev–Trinajstić information content (AvgIpc) is 2.68. The first kappa shape index (κ1) is 11.4. The molecule has 16 heavy (non-hydrogen) atoms. The average molecular weight is 222 g/mol. The molecule has 0 aromatic heterocycles. The first-order chi connectivity index (χ1) is 7.70. The second kappa shape index (κ2) is 4.83. The van der Waals surface area contributed by atoms with Gasteiger partial charge in [0.1, 0.15) is 5.82 Å². The lowest BCUT2D eigenvalue weighted by Gasteiger charge is -2.21. The summed E-state index contributed by atoms with van der Waals surface area (Å²) in [6.45, 7) is 4.87. The number of nitrogens with zero attached hydrogens (tertiary/aromatic N) is 1. The maximum absolute atomic E-state index is 13.2. The van der Waals surface area contributed by atoms with Gasteiger partial charge in [-0.05, 0) is 43.0 Å². The lowest BCUT2D eigenvalue weighted by atomic mass is 10.1. The Kier molecular flexibility index (Phi) is 3.44. The van der Waals surface area contributed by atoms with Gasteiger partial charge in [0, 0.05) is 18.8 Å². The Morgan fingerprint density at radius 2 is 2.31 bits per heavy atom. The van der Waals surface area contributed by atoms with Crippen LogP contribution in [0.2, 0.25) is 0 Å². The van der Waals surface area contributed by atoms with E-state index in [0.29, 0.717) is 5.92 Å². The first-order valence-electron chi connectivity index (χ1n) is 5.94. The quantitative estimate of drug-likeness (QED) is 0.846. The summed E-state index contributed by atoms with van der Waals surface area (Å²) in [6.07, 6.45) is 2.11. The van der Waals surface area contributed by atoms with Crippen molar-refractivity contribution in [3.8, 4) is 0 Å². The number of anilines is 1. The molecule has 0 amide bonds. The van der Waals surface area contributed by atoms with E-state index in [2.05, 4.69) is 11.8 Å². The van der Waals surface area contributed by atoms with Crippen LogP contribution < -0.4 is 10.6 Å². The second-order valence-corrected chi connectivity index (χ2v) is 4.64. The Labute approximate surface area is 96.2 Å². The van der Waals surface area contributed by atoms with E-state index in [9.17, 15) is 4.39 Å². The summed E-state index contributed by atoms with van der Waals surface area (Å²) in [7, 11) is 0. The number of hydrogen-bond donors (Lipinski definition) is 1. The minimum atomic E-state index is -0.141. The fourth-order valence-corrected chi connectivity index (χ4v) is 2.14. The minimum absolute atomic E-state index is 0.141. The standard InChI is InChI=1S/C13H19FN2/c1-10(9-15)4-6-16-7-5-11-2-3-12(14)8-13(11)16/h2-3,8,10H,4-7,9,15H2,1H3. The summed E-state index contributed by atoms with van der Waals surface area (Å²) in [4.78, 5) is 2.27. The van der Waals surface area contributed by atoms with Crippen LogP contribution >= 0.6 is 0 Å². The molecule has 2 N–H and O–H groups in total. The monoisotopic (exact) mass is 222 g/mol. The number of rotatable bonds is 4. The maximum Gasteiger partial charge on any atom is 0.125 e. The van der Waals surface area contributed by atoms with Crippen molar-refractivity contribution in [2.24, 2.45) is 11.7 Å². The molecule has 0 bridgehead atoms. The molecule has 0 saturated heterocycles. The predicted molar refractivity (Wildman–Crippen MR) is 65.2 cm³/mol. The minimum Gasteiger partial charge on any atom is -0.371 e. The molecule has 1 unspecified atom stereocenters.